The van der Waals surface area contributed by atoms with E-state index in [0.717, 1.165) is 26.4 Å². The van der Waals surface area contributed by atoms with Crippen LogP contribution < -0.4 is 5.32 Å². The van der Waals surface area contributed by atoms with Crippen LogP contribution in [0.2, 0.25) is 0 Å². The number of hydrogen-bond donors (Lipinski definition) is 1. The lowest BCUT2D eigenvalue weighted by Gasteiger charge is -2.26. The number of esters is 2. The highest BCUT2D eigenvalue weighted by Gasteiger charge is 2.38. The van der Waals surface area contributed by atoms with Crippen LogP contribution in [0.4, 0.5) is 32.0 Å². The van der Waals surface area contributed by atoms with E-state index >= 15 is 0 Å². The summed E-state index contributed by atoms with van der Waals surface area (Å²) in [6.45, 7) is 0. The molecule has 0 aliphatic rings. The summed E-state index contributed by atoms with van der Waals surface area (Å²) in [7, 11) is 1.97. The summed E-state index contributed by atoms with van der Waals surface area (Å²) in [5.74, 6) is -4.36. The number of ether oxygens (including phenoxy) is 2. The summed E-state index contributed by atoms with van der Waals surface area (Å²) < 4.78 is 88.1. The molecule has 0 unspecified atom stereocenters. The quantitative estimate of drug-likeness (QED) is 0.215. The van der Waals surface area contributed by atoms with Gasteiger partial charge in [0.05, 0.1) is 43.1 Å². The number of carbonyl (C=O) groups excluding carboxylic acids is 3. The largest absolute Gasteiger partial charge is 0.469 e. The third-order valence-corrected chi connectivity index (χ3v) is 5.33. The van der Waals surface area contributed by atoms with Crippen LogP contribution >= 0.6 is 0 Å². The molecule has 38 heavy (non-hydrogen) atoms. The molecule has 2 aromatic rings. The second kappa shape index (κ2) is 11.9. The van der Waals surface area contributed by atoms with E-state index in [2.05, 4.69) is 14.8 Å². The van der Waals surface area contributed by atoms with Gasteiger partial charge < -0.3 is 14.8 Å². The van der Waals surface area contributed by atoms with Crippen molar-refractivity contribution >= 4 is 23.5 Å². The number of nitrogens with zero attached hydrogens (tertiary/aromatic N) is 1. The first-order valence-electron chi connectivity index (χ1n) is 10.5. The van der Waals surface area contributed by atoms with Crippen molar-refractivity contribution in [3.8, 4) is 0 Å². The third-order valence-electron chi connectivity index (χ3n) is 5.33. The number of amides is 1. The van der Waals surface area contributed by atoms with Gasteiger partial charge in [-0.15, -0.1) is 0 Å². The Kier molecular flexibility index (Phi) is 9.43. The third kappa shape index (κ3) is 7.91. The van der Waals surface area contributed by atoms with E-state index in [4.69, 9.17) is 0 Å². The molecular formula is C23H20F6N2O7. The Bertz CT molecular complexity index is 1160. The standard InChI is InChI=1S/C23H20F6N2O7/c1-37-19(33)11-17(13-3-5-16(6-4-13)31(35)36)20(21(34)38-2)30-18(32)9-12-7-14(22(24,25)26)10-15(8-12)23(27,28)29/h3-8,10,17,20H,9,11H2,1-2H3,(H,30,32)/t17-,20+/m1/s1. The summed E-state index contributed by atoms with van der Waals surface area (Å²) in [6.07, 6.45) is -11.8. The molecule has 1 amide bonds. The molecule has 15 heteroatoms. The lowest BCUT2D eigenvalue weighted by Crippen LogP contribution is -2.46. The van der Waals surface area contributed by atoms with Crippen molar-refractivity contribution in [2.75, 3.05) is 14.2 Å². The highest BCUT2D eigenvalue weighted by molar-refractivity contribution is 5.87. The van der Waals surface area contributed by atoms with Crippen LogP contribution in [0.15, 0.2) is 42.5 Å². The second-order valence-electron chi connectivity index (χ2n) is 7.89. The summed E-state index contributed by atoms with van der Waals surface area (Å²) >= 11 is 0. The first-order chi connectivity index (χ1) is 17.6. The molecule has 0 heterocycles. The SMILES string of the molecule is COC(=O)C[C@H](c1ccc([N+](=O)[O-])cc1)[C@H](NC(=O)Cc1cc(C(F)(F)F)cc(C(F)(F)F)c1)C(=O)OC. The Morgan fingerprint density at radius 3 is 1.87 bits per heavy atom. The molecule has 0 aliphatic heterocycles. The van der Waals surface area contributed by atoms with Gasteiger partial charge in [0.15, 0.2) is 0 Å². The smallest absolute Gasteiger partial charge is 0.416 e. The molecule has 2 atom stereocenters. The Labute approximate surface area is 210 Å². The summed E-state index contributed by atoms with van der Waals surface area (Å²) in [4.78, 5) is 47.5. The van der Waals surface area contributed by atoms with E-state index in [1.165, 1.54) is 12.1 Å². The molecule has 0 saturated heterocycles. The molecule has 0 radical (unpaired) electrons. The molecule has 0 fully saturated rings. The van der Waals surface area contributed by atoms with Gasteiger partial charge in [-0.25, -0.2) is 4.79 Å². The molecule has 0 aromatic heterocycles. The Morgan fingerprint density at radius 2 is 1.45 bits per heavy atom. The van der Waals surface area contributed by atoms with Crippen LogP contribution in [0.5, 0.6) is 0 Å². The molecule has 0 aliphatic carbocycles. The fourth-order valence-electron chi connectivity index (χ4n) is 3.52. The van der Waals surface area contributed by atoms with E-state index in [-0.39, 0.29) is 17.3 Å². The van der Waals surface area contributed by atoms with Crippen LogP contribution in [0, 0.1) is 10.1 Å². The minimum absolute atomic E-state index is 0.0976. The first-order valence-corrected chi connectivity index (χ1v) is 10.5. The van der Waals surface area contributed by atoms with Crippen molar-refractivity contribution in [1.29, 1.82) is 0 Å². The van der Waals surface area contributed by atoms with Gasteiger partial charge in [0, 0.05) is 18.1 Å². The minimum atomic E-state index is -5.14. The molecule has 0 spiro atoms. The second-order valence-corrected chi connectivity index (χ2v) is 7.89. The van der Waals surface area contributed by atoms with E-state index in [1.807, 2.05) is 0 Å². The summed E-state index contributed by atoms with van der Waals surface area (Å²) in [5.41, 5.74) is -4.08. The topological polar surface area (TPSA) is 125 Å². The van der Waals surface area contributed by atoms with Crippen LogP contribution in [0.1, 0.15) is 34.6 Å². The lowest BCUT2D eigenvalue weighted by molar-refractivity contribution is -0.384. The molecule has 2 aromatic carbocycles. The average Bonchev–Trinajstić information content (AvgIpc) is 2.84. The van der Waals surface area contributed by atoms with E-state index in [9.17, 15) is 50.8 Å². The van der Waals surface area contributed by atoms with Crippen LogP contribution in [-0.4, -0.2) is 43.0 Å². The Hall–Kier alpha value is -4.17. The number of nitro groups is 1. The Morgan fingerprint density at radius 1 is 0.921 bits per heavy atom. The average molecular weight is 550 g/mol. The highest BCUT2D eigenvalue weighted by Crippen LogP contribution is 2.36. The zero-order valence-electron chi connectivity index (χ0n) is 19.7. The highest BCUT2D eigenvalue weighted by atomic mass is 19.4. The monoisotopic (exact) mass is 550 g/mol. The van der Waals surface area contributed by atoms with Gasteiger partial charge in [-0.05, 0) is 29.3 Å². The van der Waals surface area contributed by atoms with Crippen molar-refractivity contribution in [3.05, 3.63) is 74.8 Å². The number of non-ortho nitro benzene ring substituents is 1. The molecule has 0 saturated carbocycles. The van der Waals surface area contributed by atoms with E-state index in [1.54, 1.807) is 0 Å². The molecule has 9 nitrogen and oxygen atoms in total. The van der Waals surface area contributed by atoms with Gasteiger partial charge in [0.2, 0.25) is 5.91 Å². The maximum Gasteiger partial charge on any atom is 0.416 e. The fraction of sp³-hybridized carbons (Fsp3) is 0.348. The maximum absolute atomic E-state index is 13.1. The Balaban J connectivity index is 2.44. The van der Waals surface area contributed by atoms with Crippen molar-refractivity contribution in [1.82, 2.24) is 5.32 Å². The zero-order valence-corrected chi connectivity index (χ0v) is 19.7. The number of nitrogens with one attached hydrogen (secondary N) is 1. The zero-order chi connectivity index (χ0) is 28.8. The minimum Gasteiger partial charge on any atom is -0.469 e. The number of nitro benzene ring substituents is 1. The predicted octanol–water partition coefficient (Wildman–Crippen LogP) is 4.18. The van der Waals surface area contributed by atoms with E-state index in [0.29, 0.717) is 12.1 Å². The van der Waals surface area contributed by atoms with Crippen molar-refractivity contribution in [2.45, 2.75) is 37.2 Å². The van der Waals surface area contributed by atoms with Gasteiger partial charge in [-0.1, -0.05) is 12.1 Å². The molecule has 0 bridgehead atoms. The number of methoxy groups -OCH3 is 2. The fourth-order valence-corrected chi connectivity index (χ4v) is 3.52. The number of carbonyl (C=O) groups is 3. The number of benzene rings is 2. The number of rotatable bonds is 9. The van der Waals surface area contributed by atoms with Crippen molar-refractivity contribution in [2.24, 2.45) is 0 Å². The van der Waals surface area contributed by atoms with Crippen molar-refractivity contribution < 1.29 is 55.1 Å². The van der Waals surface area contributed by atoms with Crippen LogP contribution in [0.25, 0.3) is 0 Å². The number of halogens is 6. The summed E-state index contributed by atoms with van der Waals surface area (Å²) in [6, 6.07) is 3.51. The summed E-state index contributed by atoms with van der Waals surface area (Å²) in [5, 5.41) is 13.1. The van der Waals surface area contributed by atoms with Gasteiger partial charge in [0.1, 0.15) is 6.04 Å². The maximum atomic E-state index is 13.1. The predicted molar refractivity (Wildman–Crippen MR) is 117 cm³/mol. The first kappa shape index (κ1) is 30.1. The van der Waals surface area contributed by atoms with Crippen molar-refractivity contribution in [3.63, 3.8) is 0 Å². The van der Waals surface area contributed by atoms with E-state index < -0.39 is 76.6 Å². The lowest BCUT2D eigenvalue weighted by atomic mass is 9.88. The van der Waals surface area contributed by atoms with Crippen LogP contribution in [0.3, 0.4) is 0 Å². The normalized spacial score (nSPS) is 13.3. The molecule has 206 valence electrons. The van der Waals surface area contributed by atoms with Crippen LogP contribution in [-0.2, 0) is 42.6 Å². The van der Waals surface area contributed by atoms with Gasteiger partial charge in [-0.3, -0.25) is 19.7 Å². The van der Waals surface area contributed by atoms with Gasteiger partial charge in [-0.2, -0.15) is 26.3 Å². The molecule has 2 rings (SSSR count). The molecule has 1 N–H and O–H groups in total. The number of hydrogen-bond acceptors (Lipinski definition) is 7. The number of alkyl halides is 6. The van der Waals surface area contributed by atoms with Gasteiger partial charge in [0.25, 0.3) is 5.69 Å². The molecular weight excluding hydrogens is 530 g/mol. The van der Waals surface area contributed by atoms with Gasteiger partial charge >= 0.3 is 24.3 Å².